The lowest BCUT2D eigenvalue weighted by Gasteiger charge is -2.23. The van der Waals surface area contributed by atoms with Crippen molar-refractivity contribution in [2.45, 2.75) is 26.0 Å². The Hall–Kier alpha value is -0.760. The second-order valence-electron chi connectivity index (χ2n) is 4.42. The van der Waals surface area contributed by atoms with Crippen LogP contribution < -0.4 is 10.1 Å². The zero-order valence-corrected chi connectivity index (χ0v) is 11.8. The Morgan fingerprint density at radius 1 is 1.44 bits per heavy atom. The van der Waals surface area contributed by atoms with Crippen molar-refractivity contribution in [1.29, 1.82) is 0 Å². The third-order valence-corrected chi connectivity index (χ3v) is 2.99. The van der Waals surface area contributed by atoms with Crippen LogP contribution in [0, 0.1) is 5.92 Å². The van der Waals surface area contributed by atoms with E-state index in [1.807, 2.05) is 0 Å². The van der Waals surface area contributed by atoms with Gasteiger partial charge in [0, 0.05) is 19.7 Å². The fourth-order valence-electron chi connectivity index (χ4n) is 1.41. The second kappa shape index (κ2) is 8.36. The highest BCUT2D eigenvalue weighted by Crippen LogP contribution is 2.06. The highest BCUT2D eigenvalue weighted by molar-refractivity contribution is 6.99. The van der Waals surface area contributed by atoms with Gasteiger partial charge in [-0.1, -0.05) is 13.8 Å². The zero-order valence-electron chi connectivity index (χ0n) is 11.0. The molecule has 0 fully saturated rings. The first kappa shape index (κ1) is 15.3. The summed E-state index contributed by atoms with van der Waals surface area (Å²) in [5.41, 5.74) is 0. The Bertz CT molecular complexity index is 308. The Labute approximate surface area is 112 Å². The topological polar surface area (TPSA) is 76.5 Å². The quantitative estimate of drug-likeness (QED) is 0.685. The molecule has 0 aliphatic rings. The van der Waals surface area contributed by atoms with E-state index >= 15 is 0 Å². The van der Waals surface area contributed by atoms with Gasteiger partial charge in [0.2, 0.25) is 5.88 Å². The molecular weight excluding hydrogens is 254 g/mol. The fraction of sp³-hybridized carbons (Fsp3) is 0.818. The first-order valence-corrected chi connectivity index (χ1v) is 6.67. The van der Waals surface area contributed by atoms with Crippen molar-refractivity contribution in [3.05, 3.63) is 6.20 Å². The number of aromatic nitrogens is 2. The Kier molecular flexibility index (Phi) is 7.11. The number of nitrogens with zero attached hydrogens (tertiary/aromatic N) is 2. The summed E-state index contributed by atoms with van der Waals surface area (Å²) < 4.78 is 18.1. The molecule has 1 heterocycles. The van der Waals surface area contributed by atoms with Gasteiger partial charge in [-0.25, -0.2) is 0 Å². The van der Waals surface area contributed by atoms with Gasteiger partial charge < -0.3 is 19.9 Å². The van der Waals surface area contributed by atoms with Crippen LogP contribution in [-0.4, -0.2) is 52.9 Å². The van der Waals surface area contributed by atoms with E-state index in [4.69, 9.17) is 9.47 Å². The van der Waals surface area contributed by atoms with Gasteiger partial charge >= 0.3 is 0 Å². The van der Waals surface area contributed by atoms with Crippen molar-refractivity contribution in [1.82, 2.24) is 14.1 Å². The summed E-state index contributed by atoms with van der Waals surface area (Å²) in [6.45, 7) is 5.52. The van der Waals surface area contributed by atoms with Gasteiger partial charge in [0.25, 0.3) is 0 Å². The van der Waals surface area contributed by atoms with Crippen molar-refractivity contribution in [3.8, 4) is 5.88 Å². The van der Waals surface area contributed by atoms with Crippen molar-refractivity contribution in [2.75, 3.05) is 26.9 Å². The predicted molar refractivity (Wildman–Crippen MR) is 69.9 cm³/mol. The molecule has 2 atom stereocenters. The Morgan fingerprint density at radius 2 is 2.22 bits per heavy atom. The third-order valence-electron chi connectivity index (χ3n) is 2.53. The molecule has 0 aromatic carbocycles. The highest BCUT2D eigenvalue weighted by atomic mass is 32.1. The lowest BCUT2D eigenvalue weighted by Crippen LogP contribution is -2.43. The summed E-state index contributed by atoms with van der Waals surface area (Å²) in [6.07, 6.45) is 0.956. The number of ether oxygens (including phenoxy) is 2. The van der Waals surface area contributed by atoms with Crippen molar-refractivity contribution < 1.29 is 14.6 Å². The predicted octanol–water partition coefficient (Wildman–Crippen LogP) is 0.538. The van der Waals surface area contributed by atoms with Crippen LogP contribution in [0.25, 0.3) is 0 Å². The highest BCUT2D eigenvalue weighted by Gasteiger charge is 2.14. The van der Waals surface area contributed by atoms with E-state index in [1.54, 1.807) is 7.11 Å². The molecule has 1 aromatic heterocycles. The average molecular weight is 275 g/mol. The first-order valence-electron chi connectivity index (χ1n) is 5.94. The van der Waals surface area contributed by atoms with E-state index in [1.165, 1.54) is 6.20 Å². The fourth-order valence-corrected chi connectivity index (χ4v) is 1.78. The minimum atomic E-state index is -0.579. The van der Waals surface area contributed by atoms with Gasteiger partial charge in [0.1, 0.15) is 18.9 Å². The SMILES string of the molecule is COCC(NCC(O)COc1cnsn1)C(C)C. The molecule has 0 bridgehead atoms. The van der Waals surface area contributed by atoms with Crippen LogP contribution in [0.3, 0.4) is 0 Å². The summed E-state index contributed by atoms with van der Waals surface area (Å²) in [5, 5.41) is 13.0. The smallest absolute Gasteiger partial charge is 0.245 e. The monoisotopic (exact) mass is 275 g/mol. The van der Waals surface area contributed by atoms with Crippen LogP contribution in [0.4, 0.5) is 0 Å². The van der Waals surface area contributed by atoms with E-state index in [9.17, 15) is 5.11 Å². The number of rotatable bonds is 9. The third kappa shape index (κ3) is 5.72. The summed E-state index contributed by atoms with van der Waals surface area (Å²) in [6, 6.07) is 0.227. The average Bonchev–Trinajstić information content (AvgIpc) is 2.84. The van der Waals surface area contributed by atoms with E-state index < -0.39 is 6.10 Å². The summed E-state index contributed by atoms with van der Waals surface area (Å²) in [7, 11) is 1.67. The largest absolute Gasteiger partial charge is 0.473 e. The lowest BCUT2D eigenvalue weighted by atomic mass is 10.1. The number of hydrogen-bond donors (Lipinski definition) is 2. The molecule has 0 radical (unpaired) electrons. The van der Waals surface area contributed by atoms with Crippen LogP contribution in [-0.2, 0) is 4.74 Å². The van der Waals surface area contributed by atoms with Crippen molar-refractivity contribution in [3.63, 3.8) is 0 Å². The molecule has 0 amide bonds. The van der Waals surface area contributed by atoms with E-state index in [-0.39, 0.29) is 12.6 Å². The number of hydrogen-bond acceptors (Lipinski definition) is 7. The van der Waals surface area contributed by atoms with Crippen LogP contribution >= 0.6 is 11.7 Å². The summed E-state index contributed by atoms with van der Waals surface area (Å²) in [5.74, 6) is 0.900. The minimum Gasteiger partial charge on any atom is -0.473 e. The molecule has 7 heteroatoms. The van der Waals surface area contributed by atoms with Crippen molar-refractivity contribution >= 4 is 11.7 Å². The molecule has 0 aliphatic carbocycles. The molecular formula is C11H21N3O3S. The maximum Gasteiger partial charge on any atom is 0.245 e. The van der Waals surface area contributed by atoms with E-state index in [0.29, 0.717) is 24.9 Å². The van der Waals surface area contributed by atoms with Gasteiger partial charge in [-0.2, -0.15) is 4.37 Å². The summed E-state index contributed by atoms with van der Waals surface area (Å²) in [4.78, 5) is 0. The molecule has 0 saturated heterocycles. The molecule has 2 unspecified atom stereocenters. The van der Waals surface area contributed by atoms with Gasteiger partial charge in [-0.05, 0) is 5.92 Å². The molecule has 1 rings (SSSR count). The number of aliphatic hydroxyl groups excluding tert-OH is 1. The number of aliphatic hydroxyl groups is 1. The molecule has 6 nitrogen and oxygen atoms in total. The molecule has 0 saturated carbocycles. The van der Waals surface area contributed by atoms with Gasteiger partial charge in [0.15, 0.2) is 0 Å². The lowest BCUT2D eigenvalue weighted by molar-refractivity contribution is 0.0887. The minimum absolute atomic E-state index is 0.205. The van der Waals surface area contributed by atoms with Gasteiger partial charge in [0.05, 0.1) is 18.3 Å². The normalized spacial score (nSPS) is 14.7. The van der Waals surface area contributed by atoms with E-state index in [0.717, 1.165) is 11.7 Å². The number of nitrogens with one attached hydrogen (secondary N) is 1. The Balaban J connectivity index is 2.20. The summed E-state index contributed by atoms with van der Waals surface area (Å²) >= 11 is 1.08. The molecule has 104 valence electrons. The maximum atomic E-state index is 9.77. The van der Waals surface area contributed by atoms with Gasteiger partial charge in [-0.3, -0.25) is 0 Å². The Morgan fingerprint density at radius 3 is 2.78 bits per heavy atom. The van der Waals surface area contributed by atoms with Gasteiger partial charge in [-0.15, -0.1) is 4.37 Å². The van der Waals surface area contributed by atoms with Crippen LogP contribution in [0.2, 0.25) is 0 Å². The standard InChI is InChI=1S/C11H21N3O3S/c1-8(2)10(7-16-3)12-4-9(15)6-17-11-5-13-18-14-11/h5,8-10,12,15H,4,6-7H2,1-3H3. The maximum absolute atomic E-state index is 9.77. The molecule has 2 N–H and O–H groups in total. The number of methoxy groups -OCH3 is 1. The first-order chi connectivity index (χ1) is 8.63. The van der Waals surface area contributed by atoms with Crippen molar-refractivity contribution in [2.24, 2.45) is 5.92 Å². The second-order valence-corrected chi connectivity index (χ2v) is 4.98. The van der Waals surface area contributed by atoms with E-state index in [2.05, 4.69) is 27.9 Å². The molecule has 0 aliphatic heterocycles. The van der Waals surface area contributed by atoms with Crippen LogP contribution in [0.15, 0.2) is 6.20 Å². The van der Waals surface area contributed by atoms with Crippen LogP contribution in [0.5, 0.6) is 5.88 Å². The zero-order chi connectivity index (χ0) is 13.4. The molecule has 0 spiro atoms. The molecule has 1 aromatic rings. The van der Waals surface area contributed by atoms with Crippen LogP contribution in [0.1, 0.15) is 13.8 Å². The molecule has 18 heavy (non-hydrogen) atoms.